The van der Waals surface area contributed by atoms with E-state index in [0.717, 1.165) is 5.56 Å². The highest BCUT2D eigenvalue weighted by atomic mass is 35.5. The zero-order valence-corrected chi connectivity index (χ0v) is 9.50. The Kier molecular flexibility index (Phi) is 2.41. The third kappa shape index (κ3) is 1.94. The lowest BCUT2D eigenvalue weighted by atomic mass is 10.1. The lowest BCUT2D eigenvalue weighted by Gasteiger charge is -2.04. The second-order valence-electron chi connectivity index (χ2n) is 3.73. The zero-order valence-electron chi connectivity index (χ0n) is 8.74. The molecule has 2 aromatic rings. The molecule has 1 heterocycles. The maximum Gasteiger partial charge on any atom is 0.231 e. The predicted molar refractivity (Wildman–Crippen MR) is 63.0 cm³/mol. The van der Waals surface area contributed by atoms with Crippen LogP contribution in [-0.2, 0) is 0 Å². The van der Waals surface area contributed by atoms with Crippen LogP contribution in [0.5, 0.6) is 11.5 Å². The Morgan fingerprint density at radius 2 is 1.76 bits per heavy atom. The van der Waals surface area contributed by atoms with Gasteiger partial charge in [0, 0.05) is 5.02 Å². The number of benzene rings is 2. The van der Waals surface area contributed by atoms with Crippen molar-refractivity contribution in [2.24, 2.45) is 0 Å². The van der Waals surface area contributed by atoms with Gasteiger partial charge in [0.1, 0.15) is 5.82 Å². The fourth-order valence-electron chi connectivity index (χ4n) is 1.80. The number of halogens is 2. The van der Waals surface area contributed by atoms with Gasteiger partial charge in [-0.05, 0) is 41.5 Å². The molecular weight excluding hydrogens is 243 g/mol. The lowest BCUT2D eigenvalue weighted by molar-refractivity contribution is 0.174. The molecule has 0 radical (unpaired) electrons. The average Bonchev–Trinajstić information content (AvgIpc) is 2.74. The Hall–Kier alpha value is -1.74. The second-order valence-corrected chi connectivity index (χ2v) is 4.16. The van der Waals surface area contributed by atoms with Gasteiger partial charge in [0.15, 0.2) is 11.5 Å². The highest BCUT2D eigenvalue weighted by Crippen LogP contribution is 2.36. The molecule has 0 amide bonds. The number of rotatable bonds is 1. The molecule has 0 fully saturated rings. The van der Waals surface area contributed by atoms with Gasteiger partial charge < -0.3 is 9.47 Å². The van der Waals surface area contributed by atoms with Gasteiger partial charge in [0.2, 0.25) is 6.79 Å². The summed E-state index contributed by atoms with van der Waals surface area (Å²) in [4.78, 5) is 0. The first-order chi connectivity index (χ1) is 8.22. The fraction of sp³-hybridized carbons (Fsp3) is 0.0769. The van der Waals surface area contributed by atoms with Crippen LogP contribution in [0.1, 0.15) is 0 Å². The number of hydrogen-bond donors (Lipinski definition) is 0. The molecule has 0 N–H and O–H groups in total. The Morgan fingerprint density at radius 1 is 0.941 bits per heavy atom. The van der Waals surface area contributed by atoms with E-state index < -0.39 is 0 Å². The first-order valence-corrected chi connectivity index (χ1v) is 5.46. The van der Waals surface area contributed by atoms with Crippen LogP contribution in [0.3, 0.4) is 0 Å². The van der Waals surface area contributed by atoms with E-state index >= 15 is 0 Å². The van der Waals surface area contributed by atoms with E-state index in [1.807, 2.05) is 12.1 Å². The molecule has 0 aromatic heterocycles. The molecule has 0 bridgehead atoms. The minimum absolute atomic E-state index is 0.225. The molecule has 4 heteroatoms. The summed E-state index contributed by atoms with van der Waals surface area (Å²) in [5, 5.41) is 0.373. The molecule has 86 valence electrons. The summed E-state index contributed by atoms with van der Waals surface area (Å²) in [7, 11) is 0. The van der Waals surface area contributed by atoms with Crippen molar-refractivity contribution in [3.63, 3.8) is 0 Å². The Morgan fingerprint density at radius 3 is 2.59 bits per heavy atom. The maximum atomic E-state index is 13.2. The molecule has 1 aliphatic rings. The third-order valence-electron chi connectivity index (χ3n) is 2.57. The van der Waals surface area contributed by atoms with Crippen molar-refractivity contribution in [2.45, 2.75) is 0 Å². The molecule has 1 aliphatic heterocycles. The van der Waals surface area contributed by atoms with E-state index in [4.69, 9.17) is 21.1 Å². The molecular formula is C13H8ClFO2. The molecule has 17 heavy (non-hydrogen) atoms. The van der Waals surface area contributed by atoms with E-state index in [1.54, 1.807) is 12.1 Å². The standard InChI is InChI=1S/C13H8ClFO2/c14-10-3-9(4-11(15)6-10)8-1-2-12-13(5-8)17-7-16-12/h1-6H,7H2. The summed E-state index contributed by atoms with van der Waals surface area (Å²) in [6, 6.07) is 9.88. The zero-order chi connectivity index (χ0) is 11.8. The number of hydrogen-bond acceptors (Lipinski definition) is 2. The van der Waals surface area contributed by atoms with Crippen LogP contribution < -0.4 is 9.47 Å². The van der Waals surface area contributed by atoms with E-state index in [1.165, 1.54) is 12.1 Å². The second kappa shape index (κ2) is 3.93. The summed E-state index contributed by atoms with van der Waals surface area (Å²) >= 11 is 5.82. The summed E-state index contributed by atoms with van der Waals surface area (Å²) < 4.78 is 23.7. The van der Waals surface area contributed by atoms with Crippen molar-refractivity contribution in [3.8, 4) is 22.6 Å². The summed E-state index contributed by atoms with van der Waals surface area (Å²) in [6.45, 7) is 0.225. The predicted octanol–water partition coefficient (Wildman–Crippen LogP) is 3.87. The Bertz CT molecular complexity index is 563. The van der Waals surface area contributed by atoms with Gasteiger partial charge in [-0.3, -0.25) is 0 Å². The molecule has 0 saturated carbocycles. The van der Waals surface area contributed by atoms with Crippen LogP contribution in [0.2, 0.25) is 5.02 Å². The highest BCUT2D eigenvalue weighted by molar-refractivity contribution is 6.30. The number of fused-ring (bicyclic) bond motifs is 1. The summed E-state index contributed by atoms with van der Waals surface area (Å²) in [5.74, 6) is 1.02. The highest BCUT2D eigenvalue weighted by Gasteiger charge is 2.14. The van der Waals surface area contributed by atoms with Crippen LogP contribution in [0.15, 0.2) is 36.4 Å². The molecule has 0 spiro atoms. The van der Waals surface area contributed by atoms with Crippen LogP contribution >= 0.6 is 11.6 Å². The molecule has 0 atom stereocenters. The Labute approximate surface area is 103 Å². The van der Waals surface area contributed by atoms with E-state index in [-0.39, 0.29) is 12.6 Å². The topological polar surface area (TPSA) is 18.5 Å². The fourth-order valence-corrected chi connectivity index (χ4v) is 2.02. The van der Waals surface area contributed by atoms with Crippen molar-refractivity contribution >= 4 is 11.6 Å². The van der Waals surface area contributed by atoms with Crippen LogP contribution in [0.25, 0.3) is 11.1 Å². The van der Waals surface area contributed by atoms with Crippen molar-refractivity contribution in [1.82, 2.24) is 0 Å². The smallest absolute Gasteiger partial charge is 0.231 e. The molecule has 2 nitrogen and oxygen atoms in total. The van der Waals surface area contributed by atoms with Crippen molar-refractivity contribution in [3.05, 3.63) is 47.2 Å². The van der Waals surface area contributed by atoms with Crippen LogP contribution in [-0.4, -0.2) is 6.79 Å². The minimum Gasteiger partial charge on any atom is -0.454 e. The van der Waals surface area contributed by atoms with Gasteiger partial charge in [0.25, 0.3) is 0 Å². The van der Waals surface area contributed by atoms with Gasteiger partial charge in [-0.15, -0.1) is 0 Å². The lowest BCUT2D eigenvalue weighted by Crippen LogP contribution is -1.92. The van der Waals surface area contributed by atoms with Gasteiger partial charge in [-0.2, -0.15) is 0 Å². The minimum atomic E-state index is -0.356. The van der Waals surface area contributed by atoms with Crippen LogP contribution in [0, 0.1) is 5.82 Å². The molecule has 3 rings (SSSR count). The summed E-state index contributed by atoms with van der Waals surface area (Å²) in [5.41, 5.74) is 1.56. The van der Waals surface area contributed by atoms with Crippen molar-refractivity contribution < 1.29 is 13.9 Å². The first kappa shape index (κ1) is 10.4. The first-order valence-electron chi connectivity index (χ1n) is 5.08. The largest absolute Gasteiger partial charge is 0.454 e. The van der Waals surface area contributed by atoms with Gasteiger partial charge in [0.05, 0.1) is 0 Å². The van der Waals surface area contributed by atoms with Gasteiger partial charge in [-0.25, -0.2) is 4.39 Å². The summed E-state index contributed by atoms with van der Waals surface area (Å²) in [6.07, 6.45) is 0. The molecule has 0 aliphatic carbocycles. The average molecular weight is 251 g/mol. The molecule has 0 saturated heterocycles. The van der Waals surface area contributed by atoms with E-state index in [0.29, 0.717) is 22.1 Å². The van der Waals surface area contributed by atoms with E-state index in [2.05, 4.69) is 0 Å². The maximum absolute atomic E-state index is 13.2. The number of ether oxygens (including phenoxy) is 2. The third-order valence-corrected chi connectivity index (χ3v) is 2.79. The molecule has 2 aromatic carbocycles. The van der Waals surface area contributed by atoms with Crippen molar-refractivity contribution in [1.29, 1.82) is 0 Å². The monoisotopic (exact) mass is 250 g/mol. The SMILES string of the molecule is Fc1cc(Cl)cc(-c2ccc3c(c2)OCO3)c1. The normalized spacial score (nSPS) is 12.8. The quantitative estimate of drug-likeness (QED) is 0.765. The van der Waals surface area contributed by atoms with Crippen LogP contribution in [0.4, 0.5) is 4.39 Å². The van der Waals surface area contributed by atoms with Gasteiger partial charge in [-0.1, -0.05) is 17.7 Å². The van der Waals surface area contributed by atoms with E-state index in [9.17, 15) is 4.39 Å². The molecule has 0 unspecified atom stereocenters. The van der Waals surface area contributed by atoms with Gasteiger partial charge >= 0.3 is 0 Å². The van der Waals surface area contributed by atoms with Crippen molar-refractivity contribution in [2.75, 3.05) is 6.79 Å². The Balaban J connectivity index is 2.09.